The van der Waals surface area contributed by atoms with Gasteiger partial charge in [0.1, 0.15) is 12.4 Å². The summed E-state index contributed by atoms with van der Waals surface area (Å²) in [6.07, 6.45) is 0. The Morgan fingerprint density at radius 3 is 2.58 bits per heavy atom. The number of rotatable bonds is 9. The summed E-state index contributed by atoms with van der Waals surface area (Å²) in [4.78, 5) is 24.4. The fourth-order valence-electron chi connectivity index (χ4n) is 2.76. The third kappa shape index (κ3) is 6.54. The van der Waals surface area contributed by atoms with E-state index in [4.69, 9.17) is 4.74 Å². The zero-order chi connectivity index (χ0) is 22.2. The minimum atomic E-state index is -0.201. The first-order valence-corrected chi connectivity index (χ1v) is 10.6. The van der Waals surface area contributed by atoms with Gasteiger partial charge in [-0.15, -0.1) is 5.10 Å². The van der Waals surface area contributed by atoms with Crippen molar-refractivity contribution in [2.24, 2.45) is 7.05 Å². The molecule has 0 bridgehead atoms. The third-order valence-corrected chi connectivity index (χ3v) is 5.33. The zero-order valence-electron chi connectivity index (χ0n) is 17.6. The molecule has 162 valence electrons. The average Bonchev–Trinajstić information content (AvgIpc) is 3.16. The van der Waals surface area contributed by atoms with Gasteiger partial charge in [-0.1, -0.05) is 29.5 Å². The molecule has 31 heavy (non-hydrogen) atoms. The van der Waals surface area contributed by atoms with Crippen LogP contribution >= 0.6 is 11.8 Å². The van der Waals surface area contributed by atoms with Gasteiger partial charge in [-0.25, -0.2) is 4.68 Å². The summed E-state index contributed by atoms with van der Waals surface area (Å²) in [5.74, 6) is 0.603. The molecule has 0 aliphatic heterocycles. The number of carbonyl (C=O) groups excluding carboxylic acids is 2. The fourth-order valence-corrected chi connectivity index (χ4v) is 3.41. The van der Waals surface area contributed by atoms with E-state index in [1.54, 1.807) is 31.3 Å². The van der Waals surface area contributed by atoms with E-state index in [-0.39, 0.29) is 17.6 Å². The molecule has 0 atom stereocenters. The lowest BCUT2D eigenvalue weighted by molar-refractivity contribution is -0.113. The maximum Gasteiger partial charge on any atom is 0.251 e. The molecule has 1 aromatic heterocycles. The number of hydrogen-bond donors (Lipinski definition) is 2. The van der Waals surface area contributed by atoms with E-state index in [0.29, 0.717) is 29.6 Å². The highest BCUT2D eigenvalue weighted by molar-refractivity contribution is 7.99. The van der Waals surface area contributed by atoms with Crippen LogP contribution in [0.15, 0.2) is 47.6 Å². The van der Waals surface area contributed by atoms with Gasteiger partial charge in [0.25, 0.3) is 5.91 Å². The lowest BCUT2D eigenvalue weighted by Crippen LogP contribution is -2.28. The van der Waals surface area contributed by atoms with E-state index < -0.39 is 0 Å². The first kappa shape index (κ1) is 22.3. The van der Waals surface area contributed by atoms with Crippen LogP contribution in [-0.4, -0.2) is 50.9 Å². The van der Waals surface area contributed by atoms with Gasteiger partial charge in [0.15, 0.2) is 0 Å². The largest absolute Gasteiger partial charge is 0.491 e. The number of aryl methyl sites for hydroxylation is 3. The van der Waals surface area contributed by atoms with Gasteiger partial charge in [0.05, 0.1) is 12.3 Å². The predicted octanol–water partition coefficient (Wildman–Crippen LogP) is 2.37. The molecular formula is C21H24N6O3S. The van der Waals surface area contributed by atoms with Crippen LogP contribution in [0.1, 0.15) is 21.5 Å². The Labute approximate surface area is 184 Å². The normalized spacial score (nSPS) is 10.5. The van der Waals surface area contributed by atoms with Gasteiger partial charge < -0.3 is 15.4 Å². The number of nitrogens with zero attached hydrogens (tertiary/aromatic N) is 4. The Hall–Kier alpha value is -3.40. The molecule has 2 aromatic carbocycles. The molecule has 0 saturated carbocycles. The second-order valence-corrected chi connectivity index (χ2v) is 7.82. The number of tetrazole rings is 1. The summed E-state index contributed by atoms with van der Waals surface area (Å²) in [5.41, 5.74) is 3.36. The maximum atomic E-state index is 12.3. The Kier molecular flexibility index (Phi) is 7.60. The van der Waals surface area contributed by atoms with Crippen molar-refractivity contribution in [2.45, 2.75) is 19.0 Å². The number of anilines is 1. The topological polar surface area (TPSA) is 111 Å². The molecule has 9 nitrogen and oxygen atoms in total. The van der Waals surface area contributed by atoms with Crippen molar-refractivity contribution < 1.29 is 14.3 Å². The molecule has 0 radical (unpaired) electrons. The summed E-state index contributed by atoms with van der Waals surface area (Å²) in [7, 11) is 1.71. The van der Waals surface area contributed by atoms with Gasteiger partial charge in [0, 0.05) is 18.3 Å². The van der Waals surface area contributed by atoms with Crippen LogP contribution in [-0.2, 0) is 11.8 Å². The van der Waals surface area contributed by atoms with Crippen molar-refractivity contribution >= 4 is 29.3 Å². The van der Waals surface area contributed by atoms with Crippen molar-refractivity contribution in [1.82, 2.24) is 25.5 Å². The molecule has 10 heteroatoms. The number of ether oxygens (including phenoxy) is 1. The highest BCUT2D eigenvalue weighted by atomic mass is 32.2. The molecule has 0 spiro atoms. The van der Waals surface area contributed by atoms with Gasteiger partial charge in [-0.2, -0.15) is 0 Å². The van der Waals surface area contributed by atoms with Crippen molar-refractivity contribution in [3.8, 4) is 5.75 Å². The molecule has 2 amide bonds. The third-order valence-electron chi connectivity index (χ3n) is 4.32. The number of benzene rings is 2. The summed E-state index contributed by atoms with van der Waals surface area (Å²) >= 11 is 1.24. The number of aromatic nitrogens is 4. The predicted molar refractivity (Wildman–Crippen MR) is 118 cm³/mol. The quantitative estimate of drug-likeness (QED) is 0.388. The highest BCUT2D eigenvalue weighted by Gasteiger charge is 2.09. The molecule has 3 aromatic rings. The molecule has 0 unspecified atom stereocenters. The average molecular weight is 441 g/mol. The summed E-state index contributed by atoms with van der Waals surface area (Å²) in [6, 6.07) is 12.7. The van der Waals surface area contributed by atoms with Crippen molar-refractivity contribution in [3.63, 3.8) is 0 Å². The summed E-state index contributed by atoms with van der Waals surface area (Å²) < 4.78 is 7.22. The monoisotopic (exact) mass is 440 g/mol. The van der Waals surface area contributed by atoms with Crippen LogP contribution in [0.3, 0.4) is 0 Å². The van der Waals surface area contributed by atoms with Crippen LogP contribution in [0.2, 0.25) is 0 Å². The van der Waals surface area contributed by atoms with Crippen LogP contribution in [0, 0.1) is 13.8 Å². The Balaban J connectivity index is 1.41. The van der Waals surface area contributed by atoms with Crippen molar-refractivity contribution in [2.75, 3.05) is 24.2 Å². The van der Waals surface area contributed by atoms with E-state index in [0.717, 1.165) is 11.3 Å². The van der Waals surface area contributed by atoms with E-state index in [1.165, 1.54) is 22.0 Å². The zero-order valence-corrected chi connectivity index (χ0v) is 18.4. The molecular weight excluding hydrogens is 416 g/mol. The van der Waals surface area contributed by atoms with Crippen LogP contribution in [0.4, 0.5) is 5.69 Å². The summed E-state index contributed by atoms with van der Waals surface area (Å²) in [5, 5.41) is 17.2. The lowest BCUT2D eigenvalue weighted by Gasteiger charge is -2.11. The first-order valence-electron chi connectivity index (χ1n) is 9.65. The second kappa shape index (κ2) is 10.6. The van der Waals surface area contributed by atoms with E-state index in [9.17, 15) is 9.59 Å². The molecule has 0 aliphatic carbocycles. The van der Waals surface area contributed by atoms with E-state index in [2.05, 4.69) is 32.2 Å². The number of carbonyl (C=O) groups is 2. The second-order valence-electron chi connectivity index (χ2n) is 6.87. The standard InChI is InChI=1S/C21H24N6O3S/c1-14-4-9-18(15(2)12-14)30-11-10-22-20(29)16-5-7-17(8-6-16)23-19(28)13-31-21-24-25-26-27(21)3/h4-9,12H,10-11,13H2,1-3H3,(H,22,29)(H,23,28). The molecule has 1 heterocycles. The lowest BCUT2D eigenvalue weighted by atomic mass is 10.1. The number of amides is 2. The van der Waals surface area contributed by atoms with Crippen molar-refractivity contribution in [3.05, 3.63) is 59.2 Å². The van der Waals surface area contributed by atoms with Crippen molar-refractivity contribution in [1.29, 1.82) is 0 Å². The number of hydrogen-bond acceptors (Lipinski definition) is 7. The molecule has 2 N–H and O–H groups in total. The van der Waals surface area contributed by atoms with Crippen LogP contribution < -0.4 is 15.4 Å². The van der Waals surface area contributed by atoms with Crippen LogP contribution in [0.5, 0.6) is 5.75 Å². The summed E-state index contributed by atoms with van der Waals surface area (Å²) in [6.45, 7) is 4.79. The SMILES string of the molecule is Cc1ccc(OCCNC(=O)c2ccc(NC(=O)CSc3nnnn3C)cc2)c(C)c1. The van der Waals surface area contributed by atoms with E-state index in [1.807, 2.05) is 26.0 Å². The molecule has 0 saturated heterocycles. The molecule has 0 fully saturated rings. The Bertz CT molecular complexity index is 1050. The minimum absolute atomic E-state index is 0.177. The molecule has 0 aliphatic rings. The minimum Gasteiger partial charge on any atom is -0.491 e. The number of nitrogens with one attached hydrogen (secondary N) is 2. The van der Waals surface area contributed by atoms with Gasteiger partial charge in [-0.05, 0) is 60.2 Å². The Morgan fingerprint density at radius 1 is 1.13 bits per heavy atom. The maximum absolute atomic E-state index is 12.3. The molecule has 3 rings (SSSR count). The van der Waals surface area contributed by atoms with Crippen LogP contribution in [0.25, 0.3) is 0 Å². The smallest absolute Gasteiger partial charge is 0.251 e. The van der Waals surface area contributed by atoms with E-state index >= 15 is 0 Å². The van der Waals surface area contributed by atoms with Gasteiger partial charge >= 0.3 is 0 Å². The first-order chi connectivity index (χ1) is 14.9. The number of thioether (sulfide) groups is 1. The van der Waals surface area contributed by atoms with Gasteiger partial charge in [-0.3, -0.25) is 9.59 Å². The highest BCUT2D eigenvalue weighted by Crippen LogP contribution is 2.18. The fraction of sp³-hybridized carbons (Fsp3) is 0.286. The van der Waals surface area contributed by atoms with Gasteiger partial charge in [0.2, 0.25) is 11.1 Å². The Morgan fingerprint density at radius 2 is 1.90 bits per heavy atom.